The number of anilines is 1. The van der Waals surface area contributed by atoms with E-state index in [4.69, 9.17) is 4.74 Å². The molecule has 0 spiro atoms. The fourth-order valence-electron chi connectivity index (χ4n) is 3.89. The van der Waals surface area contributed by atoms with Crippen molar-refractivity contribution in [2.24, 2.45) is 7.05 Å². The van der Waals surface area contributed by atoms with E-state index in [0.717, 1.165) is 16.9 Å². The number of rotatable bonds is 4. The van der Waals surface area contributed by atoms with Gasteiger partial charge in [-0.05, 0) is 30.0 Å². The van der Waals surface area contributed by atoms with Crippen LogP contribution in [0.1, 0.15) is 33.3 Å². The Hall–Kier alpha value is -3.16. The largest absolute Gasteiger partial charge is 0.481 e. The van der Waals surface area contributed by atoms with Crippen LogP contribution in [0.15, 0.2) is 36.8 Å². The van der Waals surface area contributed by atoms with Gasteiger partial charge in [0.1, 0.15) is 17.9 Å². The highest BCUT2D eigenvalue weighted by molar-refractivity contribution is 5.87. The van der Waals surface area contributed by atoms with Crippen LogP contribution in [0.25, 0.3) is 11.0 Å². The van der Waals surface area contributed by atoms with E-state index in [2.05, 4.69) is 52.9 Å². The van der Waals surface area contributed by atoms with E-state index >= 15 is 0 Å². The predicted molar refractivity (Wildman–Crippen MR) is 120 cm³/mol. The molecule has 1 aliphatic heterocycles. The Morgan fingerprint density at radius 1 is 1.06 bits per heavy atom. The van der Waals surface area contributed by atoms with Gasteiger partial charge in [0.25, 0.3) is 5.91 Å². The molecule has 0 bridgehead atoms. The number of ether oxygens (including phenoxy) is 1. The van der Waals surface area contributed by atoms with Crippen molar-refractivity contribution in [2.75, 3.05) is 31.1 Å². The van der Waals surface area contributed by atoms with Crippen molar-refractivity contribution in [1.29, 1.82) is 0 Å². The molecule has 31 heavy (non-hydrogen) atoms. The second kappa shape index (κ2) is 8.17. The topological polar surface area (TPSA) is 76.4 Å². The Kier molecular flexibility index (Phi) is 5.56. The second-order valence-corrected chi connectivity index (χ2v) is 9.05. The zero-order valence-electron chi connectivity index (χ0n) is 18.9. The summed E-state index contributed by atoms with van der Waals surface area (Å²) < 4.78 is 7.68. The molecule has 3 aromatic rings. The van der Waals surface area contributed by atoms with Crippen molar-refractivity contribution >= 4 is 22.8 Å². The third-order valence-electron chi connectivity index (χ3n) is 5.78. The Balaban J connectivity index is 1.36. The number of aromatic nitrogens is 4. The van der Waals surface area contributed by atoms with Crippen LogP contribution in [0.5, 0.6) is 5.75 Å². The molecule has 1 aliphatic rings. The molecule has 1 amide bonds. The van der Waals surface area contributed by atoms with Gasteiger partial charge in [-0.1, -0.05) is 32.9 Å². The highest BCUT2D eigenvalue weighted by Gasteiger charge is 2.27. The van der Waals surface area contributed by atoms with E-state index in [1.165, 1.54) is 5.56 Å². The van der Waals surface area contributed by atoms with Crippen LogP contribution < -0.4 is 9.64 Å². The van der Waals surface area contributed by atoms with Crippen molar-refractivity contribution < 1.29 is 9.53 Å². The quantitative estimate of drug-likeness (QED) is 0.644. The number of carbonyl (C=O) groups excluding carboxylic acids is 1. The van der Waals surface area contributed by atoms with Gasteiger partial charge in [0.05, 0.1) is 11.6 Å². The van der Waals surface area contributed by atoms with Crippen LogP contribution in [0.3, 0.4) is 0 Å². The number of nitrogens with zero attached hydrogens (tertiary/aromatic N) is 6. The summed E-state index contributed by atoms with van der Waals surface area (Å²) in [7, 11) is 1.87. The lowest BCUT2D eigenvalue weighted by atomic mass is 9.87. The highest BCUT2D eigenvalue weighted by atomic mass is 16.5. The van der Waals surface area contributed by atoms with E-state index in [0.29, 0.717) is 31.9 Å². The Morgan fingerprint density at radius 3 is 2.39 bits per heavy atom. The van der Waals surface area contributed by atoms with E-state index in [1.807, 2.05) is 31.0 Å². The molecule has 8 nitrogen and oxygen atoms in total. The summed E-state index contributed by atoms with van der Waals surface area (Å²) >= 11 is 0. The number of aryl methyl sites for hydroxylation is 1. The standard InChI is InChI=1S/C23H30N6O2/c1-16(31-18-8-6-17(7-9-18)23(2,3)4)22(30)29-12-10-28(11-13-29)21-19-14-26-27(5)20(19)24-15-25-21/h6-9,14-16H,10-13H2,1-5H3/t16-/m0/s1. The summed E-state index contributed by atoms with van der Waals surface area (Å²) in [5.41, 5.74) is 2.13. The van der Waals surface area contributed by atoms with Crippen molar-refractivity contribution in [1.82, 2.24) is 24.6 Å². The van der Waals surface area contributed by atoms with Crippen molar-refractivity contribution in [2.45, 2.75) is 39.2 Å². The van der Waals surface area contributed by atoms with E-state index in [-0.39, 0.29) is 11.3 Å². The maximum absolute atomic E-state index is 12.9. The third-order valence-corrected chi connectivity index (χ3v) is 5.78. The fourth-order valence-corrected chi connectivity index (χ4v) is 3.89. The molecule has 0 saturated carbocycles. The monoisotopic (exact) mass is 422 g/mol. The number of benzene rings is 1. The normalized spacial score (nSPS) is 15.9. The molecule has 1 saturated heterocycles. The van der Waals surface area contributed by atoms with E-state index < -0.39 is 6.10 Å². The van der Waals surface area contributed by atoms with E-state index in [1.54, 1.807) is 17.2 Å². The molecule has 8 heteroatoms. The molecule has 0 N–H and O–H groups in total. The predicted octanol–water partition coefficient (Wildman–Crippen LogP) is 2.78. The molecule has 3 heterocycles. The van der Waals surface area contributed by atoms with Crippen LogP contribution in [-0.4, -0.2) is 62.8 Å². The molecule has 1 aromatic carbocycles. The molecule has 1 atom stereocenters. The van der Waals surface area contributed by atoms with Crippen molar-refractivity contribution in [3.63, 3.8) is 0 Å². The van der Waals surface area contributed by atoms with Gasteiger partial charge in [-0.25, -0.2) is 9.97 Å². The summed E-state index contributed by atoms with van der Waals surface area (Å²) in [6.45, 7) is 11.0. The summed E-state index contributed by atoms with van der Waals surface area (Å²) in [4.78, 5) is 25.8. The molecule has 2 aromatic heterocycles. The molecule has 0 radical (unpaired) electrons. The molecular weight excluding hydrogens is 392 g/mol. The maximum atomic E-state index is 12.9. The van der Waals surface area contributed by atoms with Gasteiger partial charge >= 0.3 is 0 Å². The Morgan fingerprint density at radius 2 is 1.74 bits per heavy atom. The highest BCUT2D eigenvalue weighted by Crippen LogP contribution is 2.26. The summed E-state index contributed by atoms with van der Waals surface area (Å²) in [6, 6.07) is 8.01. The van der Waals surface area contributed by atoms with Gasteiger partial charge < -0.3 is 14.5 Å². The maximum Gasteiger partial charge on any atom is 0.263 e. The third kappa shape index (κ3) is 4.33. The van der Waals surface area contributed by atoms with Crippen molar-refractivity contribution in [3.05, 3.63) is 42.4 Å². The zero-order valence-corrected chi connectivity index (χ0v) is 18.9. The average molecular weight is 423 g/mol. The van der Waals surface area contributed by atoms with Gasteiger partial charge in [0, 0.05) is 33.2 Å². The van der Waals surface area contributed by atoms with Gasteiger partial charge in [-0.15, -0.1) is 0 Å². The van der Waals surface area contributed by atoms with Gasteiger partial charge in [0.2, 0.25) is 0 Å². The van der Waals surface area contributed by atoms with Gasteiger partial charge in [0.15, 0.2) is 11.8 Å². The van der Waals surface area contributed by atoms with Crippen LogP contribution in [-0.2, 0) is 17.3 Å². The number of carbonyl (C=O) groups is 1. The van der Waals surface area contributed by atoms with Gasteiger partial charge in [-0.3, -0.25) is 9.48 Å². The number of fused-ring (bicyclic) bond motifs is 1. The number of hydrogen-bond donors (Lipinski definition) is 0. The zero-order chi connectivity index (χ0) is 22.2. The summed E-state index contributed by atoms with van der Waals surface area (Å²) in [5.74, 6) is 1.59. The minimum Gasteiger partial charge on any atom is -0.481 e. The fraction of sp³-hybridized carbons (Fsp3) is 0.478. The first-order valence-electron chi connectivity index (χ1n) is 10.7. The number of amides is 1. The number of hydrogen-bond acceptors (Lipinski definition) is 6. The summed E-state index contributed by atoms with van der Waals surface area (Å²) in [6.07, 6.45) is 2.83. The Labute approximate surface area is 182 Å². The van der Waals surface area contributed by atoms with E-state index in [9.17, 15) is 4.79 Å². The van der Waals surface area contributed by atoms with Crippen LogP contribution in [0.2, 0.25) is 0 Å². The lowest BCUT2D eigenvalue weighted by molar-refractivity contribution is -0.138. The first-order chi connectivity index (χ1) is 14.7. The second-order valence-electron chi connectivity index (χ2n) is 9.05. The van der Waals surface area contributed by atoms with Crippen LogP contribution in [0, 0.1) is 0 Å². The van der Waals surface area contributed by atoms with Crippen LogP contribution >= 0.6 is 0 Å². The lowest BCUT2D eigenvalue weighted by Crippen LogP contribution is -2.52. The molecule has 1 fully saturated rings. The first kappa shape index (κ1) is 21.1. The molecule has 0 aliphatic carbocycles. The smallest absolute Gasteiger partial charge is 0.263 e. The SMILES string of the molecule is C[C@H](Oc1ccc(C(C)(C)C)cc1)C(=O)N1CCN(c2ncnc3c2cnn3C)CC1. The Bertz CT molecular complexity index is 1060. The molecule has 164 valence electrons. The summed E-state index contributed by atoms with van der Waals surface area (Å²) in [5, 5.41) is 5.21. The van der Waals surface area contributed by atoms with Crippen molar-refractivity contribution in [3.8, 4) is 5.75 Å². The minimum atomic E-state index is -0.531. The first-order valence-corrected chi connectivity index (χ1v) is 10.7. The lowest BCUT2D eigenvalue weighted by Gasteiger charge is -2.36. The average Bonchev–Trinajstić information content (AvgIpc) is 3.14. The molecule has 0 unspecified atom stereocenters. The van der Waals surface area contributed by atoms with Gasteiger partial charge in [-0.2, -0.15) is 5.10 Å². The molecule has 4 rings (SSSR count). The number of piperazine rings is 1. The molecular formula is C23H30N6O2. The minimum absolute atomic E-state index is 0.00811. The van der Waals surface area contributed by atoms with Crippen LogP contribution in [0.4, 0.5) is 5.82 Å².